The van der Waals surface area contributed by atoms with Crippen molar-refractivity contribution < 1.29 is 8.42 Å². The second kappa shape index (κ2) is 4.82. The third-order valence-electron chi connectivity index (χ3n) is 2.40. The molecule has 0 unspecified atom stereocenters. The zero-order valence-corrected chi connectivity index (χ0v) is 12.6. The molecule has 19 heavy (non-hydrogen) atoms. The third-order valence-corrected chi connectivity index (χ3v) is 6.85. The van der Waals surface area contributed by atoms with Crippen molar-refractivity contribution in [1.82, 2.24) is 9.97 Å². The van der Waals surface area contributed by atoms with Gasteiger partial charge in [-0.25, -0.2) is 18.4 Å². The van der Waals surface area contributed by atoms with Gasteiger partial charge in [0.1, 0.15) is 0 Å². The number of fused-ring (bicyclic) bond motifs is 1. The fourth-order valence-electron chi connectivity index (χ4n) is 1.58. The minimum atomic E-state index is -3.44. The molecule has 0 amide bonds. The van der Waals surface area contributed by atoms with Crippen LogP contribution >= 0.6 is 34.3 Å². The normalized spacial score (nSPS) is 12.1. The lowest BCUT2D eigenvalue weighted by atomic mass is 10.3. The van der Waals surface area contributed by atoms with E-state index in [4.69, 9.17) is 11.6 Å². The molecule has 1 aromatic carbocycles. The largest absolute Gasteiger partial charge is 0.233 e. The number of thiazole rings is 2. The predicted octanol–water partition coefficient (Wildman–Crippen LogP) is 3.38. The van der Waals surface area contributed by atoms with Gasteiger partial charge < -0.3 is 0 Å². The fraction of sp³-hybridized carbons (Fsp3) is 0.0909. The van der Waals surface area contributed by atoms with Crippen molar-refractivity contribution in [3.8, 4) is 0 Å². The molecule has 0 N–H and O–H groups in total. The Bertz CT molecular complexity index is 805. The molecular formula is C11H7ClN2O2S3. The Balaban J connectivity index is 1.99. The van der Waals surface area contributed by atoms with E-state index in [0.29, 0.717) is 14.9 Å². The van der Waals surface area contributed by atoms with Crippen LogP contribution in [-0.4, -0.2) is 18.4 Å². The van der Waals surface area contributed by atoms with Crippen LogP contribution < -0.4 is 0 Å². The van der Waals surface area contributed by atoms with Gasteiger partial charge in [-0.05, 0) is 12.1 Å². The van der Waals surface area contributed by atoms with Crippen LogP contribution in [0.25, 0.3) is 10.2 Å². The number of rotatable bonds is 3. The Morgan fingerprint density at radius 2 is 2.00 bits per heavy atom. The van der Waals surface area contributed by atoms with Gasteiger partial charge >= 0.3 is 0 Å². The average molecular weight is 331 g/mol. The highest BCUT2D eigenvalue weighted by Crippen LogP contribution is 2.29. The topological polar surface area (TPSA) is 59.9 Å². The molecule has 8 heteroatoms. The molecule has 0 atom stereocenters. The highest BCUT2D eigenvalue weighted by atomic mass is 35.5. The van der Waals surface area contributed by atoms with Gasteiger partial charge in [0.05, 0.1) is 16.0 Å². The maximum absolute atomic E-state index is 12.3. The van der Waals surface area contributed by atoms with Gasteiger partial charge in [0, 0.05) is 11.1 Å². The van der Waals surface area contributed by atoms with E-state index in [9.17, 15) is 8.42 Å². The highest BCUT2D eigenvalue weighted by Gasteiger charge is 2.21. The second-order valence-electron chi connectivity index (χ2n) is 3.79. The Morgan fingerprint density at radius 1 is 1.21 bits per heavy atom. The van der Waals surface area contributed by atoms with E-state index in [1.165, 1.54) is 28.9 Å². The molecule has 0 saturated carbocycles. The van der Waals surface area contributed by atoms with Crippen LogP contribution in [0.2, 0.25) is 4.47 Å². The SMILES string of the molecule is O=S(=O)(Cc1cnc(Cl)s1)c1nc2ccccc2s1. The summed E-state index contributed by atoms with van der Waals surface area (Å²) in [6.07, 6.45) is 1.48. The third kappa shape index (κ3) is 2.64. The molecule has 0 fully saturated rings. The van der Waals surface area contributed by atoms with Crippen molar-refractivity contribution in [1.29, 1.82) is 0 Å². The molecule has 0 aliphatic carbocycles. The number of nitrogens with zero attached hydrogens (tertiary/aromatic N) is 2. The summed E-state index contributed by atoms with van der Waals surface area (Å²) >= 11 is 8.05. The summed E-state index contributed by atoms with van der Waals surface area (Å²) in [6, 6.07) is 7.35. The number of aromatic nitrogens is 2. The van der Waals surface area contributed by atoms with Crippen molar-refractivity contribution >= 4 is 54.3 Å². The number of hydrogen-bond donors (Lipinski definition) is 0. The summed E-state index contributed by atoms with van der Waals surface area (Å²) in [5.41, 5.74) is 0.702. The molecule has 2 heterocycles. The van der Waals surface area contributed by atoms with Crippen LogP contribution in [0.15, 0.2) is 34.8 Å². The van der Waals surface area contributed by atoms with E-state index in [0.717, 1.165) is 4.70 Å². The molecule has 0 spiro atoms. The average Bonchev–Trinajstić information content (AvgIpc) is 2.95. The Kier molecular flexibility index (Phi) is 3.30. The van der Waals surface area contributed by atoms with Gasteiger partial charge in [-0.3, -0.25) is 0 Å². The van der Waals surface area contributed by atoms with Crippen molar-refractivity contribution in [2.75, 3.05) is 0 Å². The standard InChI is InChI=1S/C11H7ClN2O2S3/c12-10-13-5-7(17-10)6-19(15,16)11-14-8-3-1-2-4-9(8)18-11/h1-5H,6H2. The molecule has 3 rings (SSSR count). The van der Waals surface area contributed by atoms with Gasteiger partial charge in [0.2, 0.25) is 14.2 Å². The summed E-state index contributed by atoms with van der Waals surface area (Å²) in [4.78, 5) is 8.62. The lowest BCUT2D eigenvalue weighted by molar-refractivity contribution is 0.595. The van der Waals surface area contributed by atoms with E-state index in [2.05, 4.69) is 9.97 Å². The maximum atomic E-state index is 12.3. The lowest BCUT2D eigenvalue weighted by Crippen LogP contribution is -2.03. The molecule has 0 aliphatic heterocycles. The van der Waals surface area contributed by atoms with Crippen LogP contribution in [0.1, 0.15) is 4.88 Å². The van der Waals surface area contributed by atoms with Gasteiger partial charge in [0.15, 0.2) is 4.47 Å². The van der Waals surface area contributed by atoms with Gasteiger partial charge in [-0.15, -0.1) is 22.7 Å². The first-order valence-electron chi connectivity index (χ1n) is 5.23. The summed E-state index contributed by atoms with van der Waals surface area (Å²) in [5.74, 6) is -0.114. The number of para-hydroxylation sites is 1. The van der Waals surface area contributed by atoms with Crippen molar-refractivity contribution in [2.24, 2.45) is 0 Å². The van der Waals surface area contributed by atoms with E-state index in [1.54, 1.807) is 6.07 Å². The quantitative estimate of drug-likeness (QED) is 0.738. The van der Waals surface area contributed by atoms with Crippen molar-refractivity contribution in [3.05, 3.63) is 39.8 Å². The van der Waals surface area contributed by atoms with E-state index in [1.807, 2.05) is 18.2 Å². The Morgan fingerprint density at radius 3 is 2.68 bits per heavy atom. The maximum Gasteiger partial charge on any atom is 0.210 e. The predicted molar refractivity (Wildman–Crippen MR) is 77.6 cm³/mol. The molecular weight excluding hydrogens is 324 g/mol. The molecule has 2 aromatic heterocycles. The molecule has 3 aromatic rings. The van der Waals surface area contributed by atoms with Gasteiger partial charge in [-0.2, -0.15) is 0 Å². The van der Waals surface area contributed by atoms with Crippen molar-refractivity contribution in [3.63, 3.8) is 0 Å². The second-order valence-corrected chi connectivity index (χ2v) is 8.68. The molecule has 98 valence electrons. The molecule has 0 radical (unpaired) electrons. The monoisotopic (exact) mass is 330 g/mol. The summed E-state index contributed by atoms with van der Waals surface area (Å²) in [5, 5.41) is 0. The first-order valence-corrected chi connectivity index (χ1v) is 8.89. The van der Waals surface area contributed by atoms with E-state index in [-0.39, 0.29) is 10.1 Å². The first kappa shape index (κ1) is 13.0. The number of hydrogen-bond acceptors (Lipinski definition) is 6. The van der Waals surface area contributed by atoms with E-state index >= 15 is 0 Å². The van der Waals surface area contributed by atoms with E-state index < -0.39 is 9.84 Å². The van der Waals surface area contributed by atoms with Crippen LogP contribution in [0, 0.1) is 0 Å². The summed E-state index contributed by atoms with van der Waals surface area (Å²) in [6.45, 7) is 0. The molecule has 4 nitrogen and oxygen atoms in total. The first-order chi connectivity index (χ1) is 9.04. The summed E-state index contributed by atoms with van der Waals surface area (Å²) < 4.78 is 25.9. The van der Waals surface area contributed by atoms with Crippen molar-refractivity contribution in [2.45, 2.75) is 10.1 Å². The van der Waals surface area contributed by atoms with Crippen LogP contribution in [-0.2, 0) is 15.6 Å². The minimum absolute atomic E-state index is 0.114. The minimum Gasteiger partial charge on any atom is -0.233 e. The summed E-state index contributed by atoms with van der Waals surface area (Å²) in [7, 11) is -3.44. The zero-order chi connectivity index (χ0) is 13.5. The molecule has 0 bridgehead atoms. The number of sulfone groups is 1. The van der Waals surface area contributed by atoms with Crippen LogP contribution in [0.3, 0.4) is 0 Å². The Labute approximate surface area is 122 Å². The smallest absolute Gasteiger partial charge is 0.210 e. The molecule has 0 aliphatic rings. The lowest BCUT2D eigenvalue weighted by Gasteiger charge is -1.96. The molecule has 0 saturated heterocycles. The van der Waals surface area contributed by atoms with Crippen LogP contribution in [0.5, 0.6) is 0 Å². The van der Waals surface area contributed by atoms with Gasteiger partial charge in [0.25, 0.3) is 0 Å². The fourth-order valence-corrected chi connectivity index (χ4v) is 5.52. The number of benzene rings is 1. The van der Waals surface area contributed by atoms with Crippen LogP contribution in [0.4, 0.5) is 0 Å². The van der Waals surface area contributed by atoms with Gasteiger partial charge in [-0.1, -0.05) is 23.7 Å². The highest BCUT2D eigenvalue weighted by molar-refractivity contribution is 7.92. The number of halogens is 1. The zero-order valence-electron chi connectivity index (χ0n) is 9.41. The Hall–Kier alpha value is -1.02.